The number of anilines is 1. The monoisotopic (exact) mass is 223 g/mol. The lowest BCUT2D eigenvalue weighted by Crippen LogP contribution is -2.18. The molecule has 0 saturated carbocycles. The summed E-state index contributed by atoms with van der Waals surface area (Å²) in [6.45, 7) is 0.294. The van der Waals surface area contributed by atoms with Crippen LogP contribution in [-0.2, 0) is 9.53 Å². The van der Waals surface area contributed by atoms with Crippen LogP contribution in [0.1, 0.15) is 10.4 Å². The normalized spacial score (nSPS) is 14.1. The zero-order valence-electron chi connectivity index (χ0n) is 8.07. The van der Waals surface area contributed by atoms with Gasteiger partial charge in [-0.1, -0.05) is 6.07 Å². The standard InChI is InChI=1S/C10H9NO3S/c1-14-10(13)6-3-2-4-7-9(6)15-8(12)5-11-7/h2-4,11H,5H2,1H3. The molecule has 15 heavy (non-hydrogen) atoms. The van der Waals surface area contributed by atoms with Gasteiger partial charge in [0.2, 0.25) is 5.12 Å². The molecule has 4 nitrogen and oxygen atoms in total. The van der Waals surface area contributed by atoms with E-state index in [0.717, 1.165) is 17.4 Å². The second-order valence-corrected chi connectivity index (χ2v) is 4.07. The first-order chi connectivity index (χ1) is 7.22. The van der Waals surface area contributed by atoms with Crippen LogP contribution in [0.25, 0.3) is 0 Å². The van der Waals surface area contributed by atoms with E-state index >= 15 is 0 Å². The minimum atomic E-state index is -0.421. The van der Waals surface area contributed by atoms with Gasteiger partial charge in [-0.15, -0.1) is 0 Å². The maximum Gasteiger partial charge on any atom is 0.339 e. The number of benzene rings is 1. The average Bonchev–Trinajstić information content (AvgIpc) is 2.27. The molecule has 0 aromatic heterocycles. The fourth-order valence-corrected chi connectivity index (χ4v) is 2.26. The van der Waals surface area contributed by atoms with Crippen LogP contribution < -0.4 is 5.32 Å². The Morgan fingerprint density at radius 1 is 1.53 bits per heavy atom. The van der Waals surface area contributed by atoms with Crippen LogP contribution in [0.2, 0.25) is 0 Å². The number of esters is 1. The summed E-state index contributed by atoms with van der Waals surface area (Å²) in [5, 5.41) is 2.95. The molecule has 0 amide bonds. The first-order valence-electron chi connectivity index (χ1n) is 4.38. The molecule has 1 aliphatic heterocycles. The van der Waals surface area contributed by atoms with Crippen molar-refractivity contribution in [1.82, 2.24) is 0 Å². The Kier molecular flexibility index (Phi) is 2.64. The van der Waals surface area contributed by atoms with Crippen molar-refractivity contribution in [3.63, 3.8) is 0 Å². The predicted octanol–water partition coefficient (Wildman–Crippen LogP) is 1.52. The molecule has 1 aliphatic rings. The number of methoxy groups -OCH3 is 1. The van der Waals surface area contributed by atoms with E-state index in [4.69, 9.17) is 0 Å². The van der Waals surface area contributed by atoms with Gasteiger partial charge in [-0.2, -0.15) is 0 Å². The third-order valence-electron chi connectivity index (χ3n) is 2.06. The predicted molar refractivity (Wildman–Crippen MR) is 57.1 cm³/mol. The van der Waals surface area contributed by atoms with Crippen LogP contribution >= 0.6 is 11.8 Å². The van der Waals surface area contributed by atoms with Crippen molar-refractivity contribution in [2.45, 2.75) is 4.90 Å². The molecule has 0 atom stereocenters. The van der Waals surface area contributed by atoms with Gasteiger partial charge in [-0.3, -0.25) is 4.79 Å². The summed E-state index contributed by atoms with van der Waals surface area (Å²) in [6.07, 6.45) is 0. The molecule has 0 saturated heterocycles. The summed E-state index contributed by atoms with van der Waals surface area (Å²) in [4.78, 5) is 23.3. The Bertz CT molecular complexity index is 431. The fourth-order valence-electron chi connectivity index (χ4n) is 1.37. The number of hydrogen-bond acceptors (Lipinski definition) is 5. The number of carbonyl (C=O) groups excluding carboxylic acids is 2. The maximum atomic E-state index is 11.4. The zero-order valence-corrected chi connectivity index (χ0v) is 8.89. The number of rotatable bonds is 1. The zero-order chi connectivity index (χ0) is 10.8. The molecule has 2 rings (SSSR count). The highest BCUT2D eigenvalue weighted by Gasteiger charge is 2.22. The highest BCUT2D eigenvalue weighted by molar-refractivity contribution is 8.14. The van der Waals surface area contributed by atoms with E-state index in [9.17, 15) is 9.59 Å². The quantitative estimate of drug-likeness (QED) is 0.731. The Morgan fingerprint density at radius 2 is 2.33 bits per heavy atom. The molecule has 0 unspecified atom stereocenters. The van der Waals surface area contributed by atoms with Crippen LogP contribution in [0.3, 0.4) is 0 Å². The van der Waals surface area contributed by atoms with Gasteiger partial charge in [-0.25, -0.2) is 4.79 Å². The van der Waals surface area contributed by atoms with Gasteiger partial charge in [0.25, 0.3) is 0 Å². The van der Waals surface area contributed by atoms with E-state index in [2.05, 4.69) is 10.1 Å². The highest BCUT2D eigenvalue weighted by atomic mass is 32.2. The minimum absolute atomic E-state index is 0.00106. The Morgan fingerprint density at radius 3 is 3.07 bits per heavy atom. The number of hydrogen-bond donors (Lipinski definition) is 1. The largest absolute Gasteiger partial charge is 0.465 e. The van der Waals surface area contributed by atoms with Crippen LogP contribution in [0.5, 0.6) is 0 Å². The van der Waals surface area contributed by atoms with Crippen molar-refractivity contribution < 1.29 is 14.3 Å². The summed E-state index contributed by atoms with van der Waals surface area (Å²) in [7, 11) is 1.32. The van der Waals surface area contributed by atoms with Crippen molar-refractivity contribution in [2.75, 3.05) is 19.0 Å². The molecular weight excluding hydrogens is 214 g/mol. The highest BCUT2D eigenvalue weighted by Crippen LogP contribution is 2.34. The number of thioether (sulfide) groups is 1. The average molecular weight is 223 g/mol. The second-order valence-electron chi connectivity index (χ2n) is 3.00. The molecule has 0 aliphatic carbocycles. The summed E-state index contributed by atoms with van der Waals surface area (Å²) in [5.41, 5.74) is 1.24. The summed E-state index contributed by atoms with van der Waals surface area (Å²) >= 11 is 1.08. The Hall–Kier alpha value is -1.49. The van der Waals surface area contributed by atoms with Crippen molar-refractivity contribution >= 4 is 28.5 Å². The lowest BCUT2D eigenvalue weighted by atomic mass is 10.2. The molecule has 78 valence electrons. The topological polar surface area (TPSA) is 55.4 Å². The van der Waals surface area contributed by atoms with Gasteiger partial charge >= 0.3 is 5.97 Å². The summed E-state index contributed by atoms with van der Waals surface area (Å²) in [6, 6.07) is 5.24. The van der Waals surface area contributed by atoms with Gasteiger partial charge in [-0.05, 0) is 23.9 Å². The summed E-state index contributed by atoms with van der Waals surface area (Å²) < 4.78 is 4.65. The molecule has 0 fully saturated rings. The third kappa shape index (κ3) is 1.83. The van der Waals surface area contributed by atoms with Crippen LogP contribution in [-0.4, -0.2) is 24.7 Å². The smallest absolute Gasteiger partial charge is 0.339 e. The van der Waals surface area contributed by atoms with Gasteiger partial charge in [0.15, 0.2) is 0 Å². The maximum absolute atomic E-state index is 11.4. The molecule has 1 N–H and O–H groups in total. The fraction of sp³-hybridized carbons (Fsp3) is 0.200. The molecule has 5 heteroatoms. The number of carbonyl (C=O) groups is 2. The van der Waals surface area contributed by atoms with Gasteiger partial charge in [0.1, 0.15) is 0 Å². The first-order valence-corrected chi connectivity index (χ1v) is 5.20. The van der Waals surface area contributed by atoms with E-state index in [1.54, 1.807) is 12.1 Å². The second kappa shape index (κ2) is 3.94. The first kappa shape index (κ1) is 10.0. The van der Waals surface area contributed by atoms with Crippen LogP contribution in [0.4, 0.5) is 5.69 Å². The van der Waals surface area contributed by atoms with E-state index in [-0.39, 0.29) is 5.12 Å². The molecule has 1 heterocycles. The van der Waals surface area contributed by atoms with Crippen molar-refractivity contribution in [3.8, 4) is 0 Å². The van der Waals surface area contributed by atoms with Crippen LogP contribution in [0, 0.1) is 0 Å². The van der Waals surface area contributed by atoms with E-state index in [1.807, 2.05) is 6.07 Å². The van der Waals surface area contributed by atoms with Gasteiger partial charge in [0.05, 0.1) is 24.1 Å². The SMILES string of the molecule is COC(=O)c1cccc2c1SC(=O)CN2. The molecular formula is C10H9NO3S. The molecule has 0 spiro atoms. The van der Waals surface area contributed by atoms with Crippen molar-refractivity contribution in [2.24, 2.45) is 0 Å². The molecule has 0 radical (unpaired) electrons. The summed E-state index contributed by atoms with van der Waals surface area (Å²) in [5.74, 6) is -0.421. The van der Waals surface area contributed by atoms with Gasteiger partial charge in [0, 0.05) is 5.69 Å². The Labute approximate surface area is 91.0 Å². The minimum Gasteiger partial charge on any atom is -0.465 e. The molecule has 1 aromatic rings. The number of fused-ring (bicyclic) bond motifs is 1. The Balaban J connectivity index is 2.48. The third-order valence-corrected chi connectivity index (χ3v) is 3.08. The van der Waals surface area contributed by atoms with Gasteiger partial charge < -0.3 is 10.1 Å². The number of ether oxygens (including phenoxy) is 1. The van der Waals surface area contributed by atoms with E-state index < -0.39 is 5.97 Å². The number of nitrogens with one attached hydrogen (secondary N) is 1. The van der Waals surface area contributed by atoms with Crippen molar-refractivity contribution in [3.05, 3.63) is 23.8 Å². The lowest BCUT2D eigenvalue weighted by Gasteiger charge is -2.18. The molecule has 0 bridgehead atoms. The molecule has 1 aromatic carbocycles. The van der Waals surface area contributed by atoms with Crippen molar-refractivity contribution in [1.29, 1.82) is 0 Å². The van der Waals surface area contributed by atoms with E-state index in [1.165, 1.54) is 7.11 Å². The lowest BCUT2D eigenvalue weighted by molar-refractivity contribution is -0.109. The van der Waals surface area contributed by atoms with E-state index in [0.29, 0.717) is 17.0 Å². The van der Waals surface area contributed by atoms with Crippen LogP contribution in [0.15, 0.2) is 23.1 Å².